The highest BCUT2D eigenvalue weighted by atomic mass is 16.5. The smallest absolute Gasteiger partial charge is 0.310 e. The van der Waals surface area contributed by atoms with E-state index in [0.717, 1.165) is 11.3 Å². The predicted octanol–water partition coefficient (Wildman–Crippen LogP) is 2.04. The van der Waals surface area contributed by atoms with Crippen molar-refractivity contribution < 1.29 is 19.2 Å². The summed E-state index contributed by atoms with van der Waals surface area (Å²) in [5.74, 6) is -0.721. The number of nitrogens with zero attached hydrogens (tertiary/aromatic N) is 1. The molecule has 1 aromatic heterocycles. The number of aromatic nitrogens is 1. The fraction of sp³-hybridized carbons (Fsp3) is 0.643. The van der Waals surface area contributed by atoms with E-state index in [2.05, 4.69) is 10.5 Å². The first-order valence-corrected chi connectivity index (χ1v) is 6.60. The summed E-state index contributed by atoms with van der Waals surface area (Å²) in [6.07, 6.45) is -0.0522. The zero-order valence-electron chi connectivity index (χ0n) is 12.6. The number of hydrogen-bond donors (Lipinski definition) is 2. The summed E-state index contributed by atoms with van der Waals surface area (Å²) in [6, 6.07) is 0. The molecule has 6 heteroatoms. The number of aryl methyl sites for hydroxylation is 2. The Hall–Kier alpha value is -1.85. The van der Waals surface area contributed by atoms with E-state index < -0.39 is 11.4 Å². The Morgan fingerprint density at radius 2 is 2.00 bits per heavy atom. The predicted molar refractivity (Wildman–Crippen MR) is 73.0 cm³/mol. The van der Waals surface area contributed by atoms with E-state index in [9.17, 15) is 14.7 Å². The van der Waals surface area contributed by atoms with Crippen LogP contribution in [0.1, 0.15) is 44.2 Å². The van der Waals surface area contributed by atoms with Crippen molar-refractivity contribution in [2.24, 2.45) is 11.3 Å². The van der Waals surface area contributed by atoms with Crippen molar-refractivity contribution in [3.63, 3.8) is 0 Å². The largest absolute Gasteiger partial charge is 0.481 e. The highest BCUT2D eigenvalue weighted by Crippen LogP contribution is 2.31. The van der Waals surface area contributed by atoms with E-state index in [4.69, 9.17) is 4.52 Å². The lowest BCUT2D eigenvalue weighted by atomic mass is 9.76. The number of carboxylic acids is 1. The molecule has 1 atom stereocenters. The van der Waals surface area contributed by atoms with Crippen molar-refractivity contribution in [2.45, 2.75) is 47.6 Å². The molecular weight excluding hydrogens is 260 g/mol. The van der Waals surface area contributed by atoms with Crippen LogP contribution in [0.25, 0.3) is 0 Å². The molecule has 0 radical (unpaired) electrons. The van der Waals surface area contributed by atoms with E-state index >= 15 is 0 Å². The molecule has 0 saturated carbocycles. The molecule has 0 aliphatic rings. The van der Waals surface area contributed by atoms with Crippen LogP contribution in [0, 0.1) is 25.2 Å². The molecule has 20 heavy (non-hydrogen) atoms. The molecule has 0 aliphatic heterocycles. The van der Waals surface area contributed by atoms with Gasteiger partial charge in [-0.3, -0.25) is 9.59 Å². The first-order chi connectivity index (χ1) is 9.18. The van der Waals surface area contributed by atoms with Crippen LogP contribution in [0.3, 0.4) is 0 Å². The first-order valence-electron chi connectivity index (χ1n) is 6.60. The van der Waals surface area contributed by atoms with Crippen LogP contribution in [-0.2, 0) is 16.1 Å². The van der Waals surface area contributed by atoms with Gasteiger partial charge in [0.05, 0.1) is 11.1 Å². The summed E-state index contributed by atoms with van der Waals surface area (Å²) in [4.78, 5) is 23.3. The fourth-order valence-electron chi connectivity index (χ4n) is 1.86. The van der Waals surface area contributed by atoms with E-state index in [-0.39, 0.29) is 18.2 Å². The highest BCUT2D eigenvalue weighted by Gasteiger charge is 2.38. The van der Waals surface area contributed by atoms with Gasteiger partial charge in [-0.25, -0.2) is 0 Å². The third kappa shape index (κ3) is 3.37. The van der Waals surface area contributed by atoms with Gasteiger partial charge in [-0.2, -0.15) is 0 Å². The highest BCUT2D eigenvalue weighted by molar-refractivity contribution is 5.84. The second-order valence-electron chi connectivity index (χ2n) is 5.63. The summed E-state index contributed by atoms with van der Waals surface area (Å²) < 4.78 is 5.01. The molecule has 0 fully saturated rings. The van der Waals surface area contributed by atoms with E-state index in [0.29, 0.717) is 12.3 Å². The summed E-state index contributed by atoms with van der Waals surface area (Å²) in [6.45, 7) is 9.07. The molecule has 1 amide bonds. The van der Waals surface area contributed by atoms with Gasteiger partial charge in [0, 0.05) is 18.5 Å². The van der Waals surface area contributed by atoms with Crippen LogP contribution in [0.4, 0.5) is 0 Å². The van der Waals surface area contributed by atoms with Gasteiger partial charge in [-0.1, -0.05) is 19.0 Å². The summed E-state index contributed by atoms with van der Waals surface area (Å²) in [5, 5.41) is 15.8. The second kappa shape index (κ2) is 6.07. The number of carbonyl (C=O) groups excluding carboxylic acids is 1. The Labute approximate surface area is 118 Å². The van der Waals surface area contributed by atoms with E-state index in [1.165, 1.54) is 0 Å². The number of nitrogens with one attached hydrogen (secondary N) is 1. The van der Waals surface area contributed by atoms with Gasteiger partial charge in [0.15, 0.2) is 0 Å². The Kier molecular flexibility index (Phi) is 4.92. The normalized spacial score (nSPS) is 14.1. The SMILES string of the molecule is Cc1noc(C)c1CNC(=O)CC(C)(C(=O)O)C(C)C. The maximum Gasteiger partial charge on any atom is 0.310 e. The Bertz CT molecular complexity index is 488. The minimum atomic E-state index is -1.07. The van der Waals surface area contributed by atoms with Crippen molar-refractivity contribution in [3.8, 4) is 0 Å². The van der Waals surface area contributed by atoms with Gasteiger partial charge in [0.1, 0.15) is 5.76 Å². The Morgan fingerprint density at radius 3 is 2.40 bits per heavy atom. The molecule has 112 valence electrons. The molecule has 0 aromatic carbocycles. The molecule has 1 heterocycles. The van der Waals surface area contributed by atoms with Crippen molar-refractivity contribution in [1.82, 2.24) is 10.5 Å². The minimum absolute atomic E-state index is 0.0522. The lowest BCUT2D eigenvalue weighted by Gasteiger charge is -2.28. The lowest BCUT2D eigenvalue weighted by molar-refractivity contribution is -0.153. The molecule has 1 rings (SSSR count). The van der Waals surface area contributed by atoms with Gasteiger partial charge < -0.3 is 14.9 Å². The standard InChI is InChI=1S/C14H22N2O4/c1-8(2)14(5,13(18)19)6-12(17)15-7-11-9(3)16-20-10(11)4/h8H,6-7H2,1-5H3,(H,15,17)(H,18,19). The average Bonchev–Trinajstić information content (AvgIpc) is 2.66. The van der Waals surface area contributed by atoms with Crippen molar-refractivity contribution in [3.05, 3.63) is 17.0 Å². The number of rotatable bonds is 6. The summed E-state index contributed by atoms with van der Waals surface area (Å²) in [5.41, 5.74) is 0.496. The van der Waals surface area contributed by atoms with E-state index in [1.807, 2.05) is 0 Å². The van der Waals surface area contributed by atoms with Gasteiger partial charge in [0.25, 0.3) is 0 Å². The van der Waals surface area contributed by atoms with Crippen LogP contribution < -0.4 is 5.32 Å². The molecule has 2 N–H and O–H groups in total. The van der Waals surface area contributed by atoms with Crippen molar-refractivity contribution >= 4 is 11.9 Å². The van der Waals surface area contributed by atoms with Crippen LogP contribution >= 0.6 is 0 Å². The van der Waals surface area contributed by atoms with E-state index in [1.54, 1.807) is 34.6 Å². The number of aliphatic carboxylic acids is 1. The topological polar surface area (TPSA) is 92.4 Å². The number of amides is 1. The summed E-state index contributed by atoms with van der Waals surface area (Å²) >= 11 is 0. The monoisotopic (exact) mass is 282 g/mol. The van der Waals surface area contributed by atoms with Crippen molar-refractivity contribution in [2.75, 3.05) is 0 Å². The molecule has 0 aliphatic carbocycles. The molecule has 1 aromatic rings. The van der Waals surface area contributed by atoms with Crippen LogP contribution in [0.15, 0.2) is 4.52 Å². The fourth-order valence-corrected chi connectivity index (χ4v) is 1.86. The van der Waals surface area contributed by atoms with Gasteiger partial charge >= 0.3 is 5.97 Å². The van der Waals surface area contributed by atoms with Crippen LogP contribution in [0.2, 0.25) is 0 Å². The molecule has 0 spiro atoms. The quantitative estimate of drug-likeness (QED) is 0.833. The maximum absolute atomic E-state index is 12.0. The zero-order chi connectivity index (χ0) is 15.5. The molecule has 0 saturated heterocycles. The first kappa shape index (κ1) is 16.2. The average molecular weight is 282 g/mol. The molecular formula is C14H22N2O4. The maximum atomic E-state index is 12.0. The van der Waals surface area contributed by atoms with Gasteiger partial charge in [0.2, 0.25) is 5.91 Å². The Balaban J connectivity index is 2.66. The number of carboxylic acid groups (broad SMARTS) is 1. The number of carbonyl (C=O) groups is 2. The Morgan fingerprint density at radius 1 is 1.40 bits per heavy atom. The van der Waals surface area contributed by atoms with Crippen LogP contribution in [-0.4, -0.2) is 22.1 Å². The minimum Gasteiger partial charge on any atom is -0.481 e. The van der Waals surface area contributed by atoms with Gasteiger partial charge in [-0.05, 0) is 26.7 Å². The lowest BCUT2D eigenvalue weighted by Crippen LogP contribution is -2.39. The van der Waals surface area contributed by atoms with Crippen LogP contribution in [0.5, 0.6) is 0 Å². The van der Waals surface area contributed by atoms with Crippen molar-refractivity contribution in [1.29, 1.82) is 0 Å². The van der Waals surface area contributed by atoms with Gasteiger partial charge in [-0.15, -0.1) is 0 Å². The molecule has 1 unspecified atom stereocenters. The number of hydrogen-bond acceptors (Lipinski definition) is 4. The molecule has 6 nitrogen and oxygen atoms in total. The zero-order valence-corrected chi connectivity index (χ0v) is 12.6. The molecule has 0 bridgehead atoms. The second-order valence-corrected chi connectivity index (χ2v) is 5.63. The third-order valence-electron chi connectivity index (χ3n) is 3.93. The summed E-state index contributed by atoms with van der Waals surface area (Å²) in [7, 11) is 0. The third-order valence-corrected chi connectivity index (χ3v) is 3.93.